The molecule has 16 heavy (non-hydrogen) atoms. The third-order valence-corrected chi connectivity index (χ3v) is 2.69. The normalized spacial score (nSPS) is 12.1. The molecule has 1 aromatic rings. The average Bonchev–Trinajstić information content (AvgIpc) is 2.35. The van der Waals surface area contributed by atoms with Crippen LogP contribution in [0.4, 0.5) is 5.69 Å². The van der Waals surface area contributed by atoms with Crippen molar-refractivity contribution in [3.8, 4) is 0 Å². The van der Waals surface area contributed by atoms with Crippen molar-refractivity contribution >= 4 is 5.69 Å². The second-order valence-electron chi connectivity index (χ2n) is 4.09. The van der Waals surface area contributed by atoms with Gasteiger partial charge in [0.25, 0.3) is 0 Å². The summed E-state index contributed by atoms with van der Waals surface area (Å²) in [4.78, 5) is 2.28. The number of benzene rings is 1. The minimum Gasteiger partial charge on any atom is -0.375 e. The predicted octanol–water partition coefficient (Wildman–Crippen LogP) is 2.68. The van der Waals surface area contributed by atoms with Crippen LogP contribution in [0.2, 0.25) is 0 Å². The Kier molecular flexibility index (Phi) is 5.65. The summed E-state index contributed by atoms with van der Waals surface area (Å²) < 4.78 is 0. The van der Waals surface area contributed by atoms with Crippen LogP contribution in [0, 0.1) is 0 Å². The van der Waals surface area contributed by atoms with Gasteiger partial charge in [0.15, 0.2) is 0 Å². The molecule has 2 nitrogen and oxygen atoms in total. The van der Waals surface area contributed by atoms with Crippen LogP contribution in [0.1, 0.15) is 13.3 Å². The van der Waals surface area contributed by atoms with Gasteiger partial charge in [-0.05, 0) is 32.0 Å². The largest absolute Gasteiger partial charge is 0.375 e. The standard InChI is InChI=1S/C14H22N2/c1-4-13(2)15-11-8-12-16(3)14-9-6-5-7-10-14/h4-7,9-10,13,15H,1,8,11-12H2,2-3H3. The van der Waals surface area contributed by atoms with Crippen molar-refractivity contribution < 1.29 is 0 Å². The van der Waals surface area contributed by atoms with Crippen LogP contribution in [0.3, 0.4) is 0 Å². The molecule has 0 heterocycles. The summed E-state index contributed by atoms with van der Waals surface area (Å²) in [6, 6.07) is 10.9. The molecule has 1 aromatic carbocycles. The molecule has 0 spiro atoms. The van der Waals surface area contributed by atoms with Gasteiger partial charge in [-0.15, -0.1) is 6.58 Å². The van der Waals surface area contributed by atoms with Gasteiger partial charge >= 0.3 is 0 Å². The lowest BCUT2D eigenvalue weighted by Gasteiger charge is -2.19. The summed E-state index contributed by atoms with van der Waals surface area (Å²) in [5, 5.41) is 3.39. The number of hydrogen-bond acceptors (Lipinski definition) is 2. The van der Waals surface area contributed by atoms with Crippen LogP contribution in [-0.4, -0.2) is 26.2 Å². The second kappa shape index (κ2) is 7.07. The minimum absolute atomic E-state index is 0.405. The van der Waals surface area contributed by atoms with Crippen molar-refractivity contribution in [3.63, 3.8) is 0 Å². The zero-order valence-corrected chi connectivity index (χ0v) is 10.3. The summed E-state index contributed by atoms with van der Waals surface area (Å²) in [6.07, 6.45) is 3.07. The van der Waals surface area contributed by atoms with Gasteiger partial charge in [-0.3, -0.25) is 0 Å². The third-order valence-electron chi connectivity index (χ3n) is 2.69. The van der Waals surface area contributed by atoms with Crippen LogP contribution >= 0.6 is 0 Å². The molecule has 0 radical (unpaired) electrons. The molecule has 0 bridgehead atoms. The van der Waals surface area contributed by atoms with E-state index in [2.05, 4.69) is 55.0 Å². The van der Waals surface area contributed by atoms with Gasteiger partial charge in [0.2, 0.25) is 0 Å². The zero-order chi connectivity index (χ0) is 11.8. The van der Waals surface area contributed by atoms with Gasteiger partial charge in [-0.25, -0.2) is 0 Å². The van der Waals surface area contributed by atoms with Crippen molar-refractivity contribution in [2.75, 3.05) is 25.0 Å². The monoisotopic (exact) mass is 218 g/mol. The van der Waals surface area contributed by atoms with E-state index in [1.165, 1.54) is 5.69 Å². The van der Waals surface area contributed by atoms with Gasteiger partial charge in [0, 0.05) is 25.3 Å². The molecule has 0 saturated heterocycles. The van der Waals surface area contributed by atoms with Crippen LogP contribution in [0.25, 0.3) is 0 Å². The predicted molar refractivity (Wildman–Crippen MR) is 72.0 cm³/mol. The number of nitrogens with zero attached hydrogens (tertiary/aromatic N) is 1. The van der Waals surface area contributed by atoms with Gasteiger partial charge in [-0.1, -0.05) is 24.3 Å². The molecular weight excluding hydrogens is 196 g/mol. The lowest BCUT2D eigenvalue weighted by Crippen LogP contribution is -2.28. The average molecular weight is 218 g/mol. The van der Waals surface area contributed by atoms with Crippen molar-refractivity contribution in [3.05, 3.63) is 43.0 Å². The summed E-state index contributed by atoms with van der Waals surface area (Å²) in [6.45, 7) is 7.97. The first-order chi connectivity index (χ1) is 7.74. The fourth-order valence-corrected chi connectivity index (χ4v) is 1.54. The van der Waals surface area contributed by atoms with E-state index in [0.29, 0.717) is 6.04 Å². The first kappa shape index (κ1) is 12.8. The summed E-state index contributed by atoms with van der Waals surface area (Å²) >= 11 is 0. The van der Waals surface area contributed by atoms with Gasteiger partial charge in [-0.2, -0.15) is 0 Å². The van der Waals surface area contributed by atoms with Crippen LogP contribution in [0.5, 0.6) is 0 Å². The van der Waals surface area contributed by atoms with E-state index < -0.39 is 0 Å². The lowest BCUT2D eigenvalue weighted by atomic mass is 10.2. The molecule has 0 amide bonds. The smallest absolute Gasteiger partial charge is 0.0363 e. The van der Waals surface area contributed by atoms with E-state index in [0.717, 1.165) is 19.5 Å². The molecule has 0 aromatic heterocycles. The highest BCUT2D eigenvalue weighted by molar-refractivity contribution is 5.44. The Morgan fingerprint density at radius 3 is 2.69 bits per heavy atom. The minimum atomic E-state index is 0.405. The molecule has 0 fully saturated rings. The van der Waals surface area contributed by atoms with E-state index >= 15 is 0 Å². The molecule has 0 aliphatic heterocycles. The van der Waals surface area contributed by atoms with Crippen LogP contribution < -0.4 is 10.2 Å². The van der Waals surface area contributed by atoms with Crippen LogP contribution in [0.15, 0.2) is 43.0 Å². The van der Waals surface area contributed by atoms with Crippen molar-refractivity contribution in [2.45, 2.75) is 19.4 Å². The Labute approximate surface area is 99.0 Å². The van der Waals surface area contributed by atoms with E-state index in [1.807, 2.05) is 12.1 Å². The first-order valence-electron chi connectivity index (χ1n) is 5.86. The number of rotatable bonds is 7. The van der Waals surface area contributed by atoms with Gasteiger partial charge < -0.3 is 10.2 Å². The Morgan fingerprint density at radius 1 is 1.38 bits per heavy atom. The SMILES string of the molecule is C=CC(C)NCCCN(C)c1ccccc1. The summed E-state index contributed by atoms with van der Waals surface area (Å²) in [7, 11) is 2.13. The fraction of sp³-hybridized carbons (Fsp3) is 0.429. The summed E-state index contributed by atoms with van der Waals surface area (Å²) in [5.74, 6) is 0. The molecule has 1 atom stereocenters. The maximum atomic E-state index is 3.75. The number of hydrogen-bond donors (Lipinski definition) is 1. The highest BCUT2D eigenvalue weighted by atomic mass is 15.1. The van der Waals surface area contributed by atoms with Crippen molar-refractivity contribution in [2.24, 2.45) is 0 Å². The van der Waals surface area contributed by atoms with Crippen molar-refractivity contribution in [1.82, 2.24) is 5.32 Å². The topological polar surface area (TPSA) is 15.3 Å². The molecule has 0 aliphatic carbocycles. The first-order valence-corrected chi connectivity index (χ1v) is 5.86. The molecule has 0 aliphatic rings. The van der Waals surface area contributed by atoms with E-state index in [-0.39, 0.29) is 0 Å². The highest BCUT2D eigenvalue weighted by Gasteiger charge is 1.99. The molecule has 1 rings (SSSR count). The Bertz CT molecular complexity index is 295. The van der Waals surface area contributed by atoms with Gasteiger partial charge in [0.05, 0.1) is 0 Å². The Balaban J connectivity index is 2.21. The van der Waals surface area contributed by atoms with E-state index in [9.17, 15) is 0 Å². The van der Waals surface area contributed by atoms with E-state index in [4.69, 9.17) is 0 Å². The number of anilines is 1. The molecule has 1 unspecified atom stereocenters. The molecular formula is C14H22N2. The summed E-state index contributed by atoms with van der Waals surface area (Å²) in [5.41, 5.74) is 1.28. The second-order valence-corrected chi connectivity index (χ2v) is 4.09. The van der Waals surface area contributed by atoms with Crippen LogP contribution in [-0.2, 0) is 0 Å². The number of para-hydroxylation sites is 1. The van der Waals surface area contributed by atoms with Crippen molar-refractivity contribution in [1.29, 1.82) is 0 Å². The third kappa shape index (κ3) is 4.49. The fourth-order valence-electron chi connectivity index (χ4n) is 1.54. The maximum absolute atomic E-state index is 3.75. The molecule has 88 valence electrons. The van der Waals surface area contributed by atoms with Gasteiger partial charge in [0.1, 0.15) is 0 Å². The quantitative estimate of drug-likeness (QED) is 0.559. The van der Waals surface area contributed by atoms with E-state index in [1.54, 1.807) is 0 Å². The lowest BCUT2D eigenvalue weighted by molar-refractivity contribution is 0.605. The number of nitrogens with one attached hydrogen (secondary N) is 1. The highest BCUT2D eigenvalue weighted by Crippen LogP contribution is 2.10. The maximum Gasteiger partial charge on any atom is 0.0363 e. The molecule has 2 heteroatoms. The Morgan fingerprint density at radius 2 is 2.06 bits per heavy atom. The molecule has 1 N–H and O–H groups in total. The Hall–Kier alpha value is -1.28. The zero-order valence-electron chi connectivity index (χ0n) is 10.3. The molecule has 0 saturated carbocycles.